The Labute approximate surface area is 151 Å². The van der Waals surface area contributed by atoms with Crippen LogP contribution in [0.4, 0.5) is 0 Å². The second kappa shape index (κ2) is 6.72. The van der Waals surface area contributed by atoms with Crippen LogP contribution >= 0.6 is 0 Å². The van der Waals surface area contributed by atoms with Crippen LogP contribution in [0.3, 0.4) is 0 Å². The minimum absolute atomic E-state index is 0.00730. The number of carbonyl (C=O) groups is 1. The highest BCUT2D eigenvalue weighted by Gasteiger charge is 2.13. The molecule has 126 valence electrons. The third-order valence-corrected chi connectivity index (χ3v) is 4.24. The Balaban J connectivity index is 1.64. The summed E-state index contributed by atoms with van der Waals surface area (Å²) in [5.74, 6) is 0.00730. The molecule has 0 unspecified atom stereocenters. The van der Waals surface area contributed by atoms with Crippen LogP contribution < -0.4 is 0 Å². The Bertz CT molecular complexity index is 1040. The van der Waals surface area contributed by atoms with Crippen molar-refractivity contribution in [2.75, 3.05) is 0 Å². The molecule has 2 aromatic carbocycles. The molecule has 0 aliphatic carbocycles. The number of hydrogen-bond acceptors (Lipinski definition) is 4. The highest BCUT2D eigenvalue weighted by Crippen LogP contribution is 2.23. The van der Waals surface area contributed by atoms with E-state index in [2.05, 4.69) is 15.3 Å². The largest absolute Gasteiger partial charge is 0.289 e. The summed E-state index contributed by atoms with van der Waals surface area (Å²) in [5.41, 5.74) is 4.81. The van der Waals surface area contributed by atoms with E-state index in [-0.39, 0.29) is 5.78 Å². The van der Waals surface area contributed by atoms with Gasteiger partial charge in [-0.1, -0.05) is 59.8 Å². The van der Waals surface area contributed by atoms with Crippen molar-refractivity contribution in [1.82, 2.24) is 20.0 Å². The van der Waals surface area contributed by atoms with E-state index in [9.17, 15) is 4.79 Å². The molecule has 26 heavy (non-hydrogen) atoms. The molecular weight excluding hydrogens is 324 g/mol. The Morgan fingerprint density at radius 2 is 1.62 bits per heavy atom. The van der Waals surface area contributed by atoms with Crippen molar-refractivity contribution in [3.8, 4) is 16.9 Å². The first-order chi connectivity index (χ1) is 12.7. The van der Waals surface area contributed by atoms with E-state index in [0.29, 0.717) is 11.1 Å². The molecule has 0 bridgehead atoms. The third-order valence-electron chi connectivity index (χ3n) is 4.24. The lowest BCUT2D eigenvalue weighted by Gasteiger charge is -2.04. The first-order valence-electron chi connectivity index (χ1n) is 8.27. The van der Waals surface area contributed by atoms with Crippen molar-refractivity contribution >= 4 is 5.78 Å². The van der Waals surface area contributed by atoms with Crippen molar-refractivity contribution in [2.24, 2.45) is 0 Å². The fraction of sp³-hybridized carbons (Fsp3) is 0.0476. The van der Waals surface area contributed by atoms with E-state index in [1.807, 2.05) is 73.7 Å². The second-order valence-electron chi connectivity index (χ2n) is 5.92. The highest BCUT2D eigenvalue weighted by atomic mass is 16.1. The average Bonchev–Trinajstić information content (AvgIpc) is 3.10. The van der Waals surface area contributed by atoms with Crippen LogP contribution in [-0.2, 0) is 0 Å². The lowest BCUT2D eigenvalue weighted by molar-refractivity contribution is 0.103. The maximum atomic E-state index is 12.5. The molecule has 0 amide bonds. The molecule has 4 rings (SSSR count). The van der Waals surface area contributed by atoms with Crippen LogP contribution in [0.25, 0.3) is 16.9 Å². The van der Waals surface area contributed by atoms with Crippen LogP contribution in [0.2, 0.25) is 0 Å². The molecule has 0 saturated carbocycles. The predicted molar refractivity (Wildman–Crippen MR) is 99.2 cm³/mol. The molecule has 2 aromatic heterocycles. The van der Waals surface area contributed by atoms with Crippen LogP contribution in [0.1, 0.15) is 21.6 Å². The van der Waals surface area contributed by atoms with Gasteiger partial charge in [0.25, 0.3) is 0 Å². The first-order valence-corrected chi connectivity index (χ1v) is 8.27. The summed E-state index contributed by atoms with van der Waals surface area (Å²) in [6.45, 7) is 1.96. The zero-order valence-electron chi connectivity index (χ0n) is 14.2. The molecule has 5 heteroatoms. The van der Waals surface area contributed by atoms with Crippen molar-refractivity contribution in [1.29, 1.82) is 0 Å². The van der Waals surface area contributed by atoms with Crippen molar-refractivity contribution in [3.05, 3.63) is 95.9 Å². The Kier molecular flexibility index (Phi) is 4.11. The number of hydrogen-bond donors (Lipinski definition) is 0. The maximum absolute atomic E-state index is 12.5. The minimum atomic E-state index is 0.00730. The van der Waals surface area contributed by atoms with E-state index >= 15 is 0 Å². The molecule has 0 aliphatic heterocycles. The van der Waals surface area contributed by atoms with E-state index in [0.717, 1.165) is 22.6 Å². The summed E-state index contributed by atoms with van der Waals surface area (Å²) in [4.78, 5) is 16.6. The van der Waals surface area contributed by atoms with Gasteiger partial charge in [0.1, 0.15) is 5.69 Å². The summed E-state index contributed by atoms with van der Waals surface area (Å²) >= 11 is 0. The minimum Gasteiger partial charge on any atom is -0.289 e. The van der Waals surface area contributed by atoms with Gasteiger partial charge in [-0.15, -0.1) is 5.10 Å². The van der Waals surface area contributed by atoms with Crippen LogP contribution in [0.5, 0.6) is 0 Å². The van der Waals surface area contributed by atoms with Crippen LogP contribution in [0.15, 0.2) is 79.1 Å². The Morgan fingerprint density at radius 1 is 0.885 bits per heavy atom. The fourth-order valence-corrected chi connectivity index (χ4v) is 2.86. The van der Waals surface area contributed by atoms with E-state index < -0.39 is 0 Å². The van der Waals surface area contributed by atoms with Crippen molar-refractivity contribution < 1.29 is 4.79 Å². The van der Waals surface area contributed by atoms with Crippen molar-refractivity contribution in [3.63, 3.8) is 0 Å². The third kappa shape index (κ3) is 2.91. The topological polar surface area (TPSA) is 60.7 Å². The van der Waals surface area contributed by atoms with E-state index in [4.69, 9.17) is 0 Å². The van der Waals surface area contributed by atoms with Crippen LogP contribution in [-0.4, -0.2) is 25.8 Å². The molecule has 5 nitrogen and oxygen atoms in total. The van der Waals surface area contributed by atoms with Gasteiger partial charge in [-0.2, -0.15) is 0 Å². The molecule has 0 radical (unpaired) electrons. The quantitative estimate of drug-likeness (QED) is 0.529. The molecule has 0 aliphatic rings. The zero-order valence-corrected chi connectivity index (χ0v) is 14.2. The van der Waals surface area contributed by atoms with Gasteiger partial charge in [0, 0.05) is 22.9 Å². The smallest absolute Gasteiger partial charge is 0.193 e. The number of ketones is 1. The van der Waals surface area contributed by atoms with Crippen molar-refractivity contribution in [2.45, 2.75) is 6.92 Å². The van der Waals surface area contributed by atoms with Gasteiger partial charge in [-0.05, 0) is 19.1 Å². The lowest BCUT2D eigenvalue weighted by atomic mass is 10.0. The Morgan fingerprint density at radius 3 is 2.31 bits per heavy atom. The van der Waals surface area contributed by atoms with E-state index in [1.165, 1.54) is 0 Å². The standard InChI is InChI=1S/C21H16N4O/c1-15-20(23-24-25(15)19-8-5-13-22-14-19)16-9-11-18(12-10-16)21(26)17-6-3-2-4-7-17/h2-14H,1H3. The normalized spacial score (nSPS) is 10.7. The Hall–Kier alpha value is -3.60. The molecule has 0 fully saturated rings. The molecule has 0 atom stereocenters. The number of aromatic nitrogens is 4. The van der Waals surface area contributed by atoms with Gasteiger partial charge in [0.05, 0.1) is 17.6 Å². The molecular formula is C21H16N4O. The second-order valence-corrected chi connectivity index (χ2v) is 5.92. The summed E-state index contributed by atoms with van der Waals surface area (Å²) in [6.07, 6.45) is 3.46. The van der Waals surface area contributed by atoms with Gasteiger partial charge in [0.2, 0.25) is 0 Å². The van der Waals surface area contributed by atoms with E-state index in [1.54, 1.807) is 17.1 Å². The number of nitrogens with zero attached hydrogens (tertiary/aromatic N) is 4. The van der Waals surface area contributed by atoms with Gasteiger partial charge >= 0.3 is 0 Å². The molecule has 0 saturated heterocycles. The average molecular weight is 340 g/mol. The number of benzene rings is 2. The number of carbonyl (C=O) groups excluding carboxylic acids is 1. The predicted octanol–water partition coefficient (Wildman–Crippen LogP) is 3.87. The van der Waals surface area contributed by atoms with Gasteiger partial charge in [0.15, 0.2) is 5.78 Å². The number of rotatable bonds is 4. The SMILES string of the molecule is Cc1c(-c2ccc(C(=O)c3ccccc3)cc2)nnn1-c1cccnc1. The highest BCUT2D eigenvalue weighted by molar-refractivity contribution is 6.09. The molecule has 0 N–H and O–H groups in total. The van der Waals surface area contributed by atoms with Gasteiger partial charge in [-0.3, -0.25) is 9.78 Å². The summed E-state index contributed by atoms with van der Waals surface area (Å²) < 4.78 is 1.76. The summed E-state index contributed by atoms with van der Waals surface area (Å²) in [7, 11) is 0. The monoisotopic (exact) mass is 340 g/mol. The first kappa shape index (κ1) is 15.9. The zero-order chi connectivity index (χ0) is 17.9. The fourth-order valence-electron chi connectivity index (χ4n) is 2.86. The number of pyridine rings is 1. The molecule has 0 spiro atoms. The lowest BCUT2D eigenvalue weighted by Crippen LogP contribution is -2.01. The summed E-state index contributed by atoms with van der Waals surface area (Å²) in [5, 5.41) is 8.52. The molecule has 2 heterocycles. The summed E-state index contributed by atoms with van der Waals surface area (Å²) in [6, 6.07) is 20.5. The maximum Gasteiger partial charge on any atom is 0.193 e. The van der Waals surface area contributed by atoms with Crippen LogP contribution in [0, 0.1) is 6.92 Å². The van der Waals surface area contributed by atoms with Gasteiger partial charge < -0.3 is 0 Å². The molecule has 4 aromatic rings. The van der Waals surface area contributed by atoms with Gasteiger partial charge in [-0.25, -0.2) is 4.68 Å².